The third-order valence-corrected chi connectivity index (χ3v) is 4.31. The molecule has 0 amide bonds. The maximum atomic E-state index is 12.2. The molecule has 0 aromatic heterocycles. The Morgan fingerprint density at radius 2 is 1.12 bits per heavy atom. The van der Waals surface area contributed by atoms with Crippen molar-refractivity contribution >= 4 is 7.29 Å². The molecular weight excluding hydrogens is 229 g/mol. The summed E-state index contributed by atoms with van der Waals surface area (Å²) in [7, 11) is -2.89. The van der Waals surface area contributed by atoms with Crippen LogP contribution >= 0.6 is 7.29 Å². The fourth-order valence-corrected chi connectivity index (χ4v) is 3.53. The van der Waals surface area contributed by atoms with Gasteiger partial charge in [-0.25, -0.2) is 0 Å². The Morgan fingerprint density at radius 3 is 1.47 bits per heavy atom. The van der Waals surface area contributed by atoms with E-state index in [0.29, 0.717) is 12.3 Å². The summed E-state index contributed by atoms with van der Waals surface area (Å²) in [5, 5.41) is 0. The van der Waals surface area contributed by atoms with Crippen LogP contribution in [0.5, 0.6) is 0 Å². The van der Waals surface area contributed by atoms with Gasteiger partial charge in [0, 0.05) is 12.3 Å². The average Bonchev–Trinajstić information content (AvgIpc) is 2.30. The van der Waals surface area contributed by atoms with E-state index in [9.17, 15) is 4.57 Å². The van der Waals surface area contributed by atoms with Crippen LogP contribution in [-0.4, -0.2) is 0 Å². The zero-order valence-electron chi connectivity index (χ0n) is 9.54. The molecule has 0 heterocycles. The lowest BCUT2D eigenvalue weighted by molar-refractivity contribution is 0.573. The van der Waals surface area contributed by atoms with Gasteiger partial charge in [-0.15, -0.1) is 0 Å². The van der Waals surface area contributed by atoms with Crippen LogP contribution in [0.2, 0.25) is 0 Å². The van der Waals surface area contributed by atoms with Gasteiger partial charge in [0.15, 0.2) is 7.29 Å². The molecular formula is C14H15NOP. The number of hydrogen-bond donors (Lipinski definition) is 0. The highest BCUT2D eigenvalue weighted by molar-refractivity contribution is 7.59. The number of hydrogen-bond acceptors (Lipinski definition) is 1. The van der Waals surface area contributed by atoms with Crippen molar-refractivity contribution in [2.24, 2.45) is 0 Å². The highest BCUT2D eigenvalue weighted by Gasteiger charge is 2.18. The lowest BCUT2D eigenvalue weighted by Crippen LogP contribution is -1.93. The second-order valence-corrected chi connectivity index (χ2v) is 6.59. The highest BCUT2D eigenvalue weighted by atomic mass is 31.2. The van der Waals surface area contributed by atoms with Crippen molar-refractivity contribution in [2.45, 2.75) is 12.3 Å². The Kier molecular flexibility index (Phi) is 3.78. The summed E-state index contributed by atoms with van der Waals surface area (Å²) in [5.74, 6) is 0. The predicted molar refractivity (Wildman–Crippen MR) is 71.0 cm³/mol. The Balaban J connectivity index is 2.07. The second kappa shape index (κ2) is 5.31. The van der Waals surface area contributed by atoms with Gasteiger partial charge in [-0.3, -0.25) is 0 Å². The van der Waals surface area contributed by atoms with Gasteiger partial charge >= 0.3 is 0 Å². The highest BCUT2D eigenvalue weighted by Crippen LogP contribution is 2.46. The molecule has 0 aliphatic rings. The van der Waals surface area contributed by atoms with Crippen LogP contribution in [0.4, 0.5) is 0 Å². The lowest BCUT2D eigenvalue weighted by atomic mass is 10.2. The molecule has 0 aliphatic heterocycles. The lowest BCUT2D eigenvalue weighted by Gasteiger charge is -2.11. The van der Waals surface area contributed by atoms with Crippen molar-refractivity contribution in [3.8, 4) is 0 Å². The molecule has 1 radical (unpaired) electrons. The van der Waals surface area contributed by atoms with Gasteiger partial charge in [0.05, 0.1) is 0 Å². The van der Waals surface area contributed by atoms with Crippen LogP contribution in [0.1, 0.15) is 11.1 Å². The van der Waals surface area contributed by atoms with Crippen molar-refractivity contribution < 1.29 is 4.57 Å². The second-order valence-electron chi connectivity index (χ2n) is 4.18. The van der Waals surface area contributed by atoms with Gasteiger partial charge < -0.3 is 4.57 Å². The van der Waals surface area contributed by atoms with E-state index in [0.717, 1.165) is 11.1 Å². The maximum absolute atomic E-state index is 12.2. The molecule has 2 aromatic rings. The Hall–Kier alpha value is -1.37. The first-order valence-electron chi connectivity index (χ1n) is 5.57. The number of benzene rings is 2. The van der Waals surface area contributed by atoms with Crippen molar-refractivity contribution in [3.05, 3.63) is 71.8 Å². The van der Waals surface area contributed by atoms with E-state index >= 15 is 0 Å². The van der Waals surface area contributed by atoms with Crippen LogP contribution in [0.3, 0.4) is 0 Å². The molecule has 0 fully saturated rings. The maximum Gasteiger partial charge on any atom is 0.169 e. The monoisotopic (exact) mass is 244 g/mol. The normalized spacial score (nSPS) is 11.4. The summed E-state index contributed by atoms with van der Waals surface area (Å²) >= 11 is 0. The first-order chi connectivity index (χ1) is 8.16. The van der Waals surface area contributed by atoms with Gasteiger partial charge in [-0.1, -0.05) is 60.7 Å². The fourth-order valence-electron chi connectivity index (χ4n) is 1.81. The molecule has 2 rings (SSSR count). The summed E-state index contributed by atoms with van der Waals surface area (Å²) in [6.07, 6.45) is 0.700. The van der Waals surface area contributed by atoms with Crippen LogP contribution in [-0.2, 0) is 16.9 Å². The molecule has 2 nitrogen and oxygen atoms in total. The van der Waals surface area contributed by atoms with Gasteiger partial charge in [-0.2, -0.15) is 5.50 Å². The molecule has 0 bridgehead atoms. The van der Waals surface area contributed by atoms with E-state index in [1.807, 2.05) is 60.7 Å². The summed E-state index contributed by atoms with van der Waals surface area (Å²) < 4.78 is 12.2. The summed E-state index contributed by atoms with van der Waals surface area (Å²) in [6.45, 7) is 0. The zero-order valence-corrected chi connectivity index (χ0v) is 10.4. The first kappa shape index (κ1) is 12.1. The van der Waals surface area contributed by atoms with E-state index in [-0.39, 0.29) is 0 Å². The summed E-state index contributed by atoms with van der Waals surface area (Å²) in [6, 6.07) is 19.2. The van der Waals surface area contributed by atoms with Crippen LogP contribution in [0, 0.1) is 0 Å². The Bertz CT molecular complexity index is 465. The molecule has 0 saturated heterocycles. The van der Waals surface area contributed by atoms with E-state index in [1.165, 1.54) is 0 Å². The topological polar surface area (TPSA) is 40.9 Å². The molecule has 0 saturated carbocycles. The van der Waals surface area contributed by atoms with E-state index in [4.69, 9.17) is 5.50 Å². The van der Waals surface area contributed by atoms with Gasteiger partial charge in [0.25, 0.3) is 0 Å². The van der Waals surface area contributed by atoms with Crippen molar-refractivity contribution in [1.82, 2.24) is 5.50 Å². The van der Waals surface area contributed by atoms with E-state index in [1.54, 1.807) is 0 Å². The molecule has 1 N–H and O–H groups in total. The molecule has 2 aromatic carbocycles. The average molecular weight is 244 g/mol. The zero-order chi connectivity index (χ0) is 12.1. The summed E-state index contributed by atoms with van der Waals surface area (Å²) in [4.78, 5) is 0. The van der Waals surface area contributed by atoms with Gasteiger partial charge in [0.1, 0.15) is 0 Å². The Morgan fingerprint density at radius 1 is 0.765 bits per heavy atom. The molecule has 0 spiro atoms. The minimum absolute atomic E-state index is 0.350. The Labute approximate surface area is 102 Å². The molecule has 0 aliphatic carbocycles. The minimum Gasteiger partial charge on any atom is -0.305 e. The van der Waals surface area contributed by atoms with Crippen molar-refractivity contribution in [3.63, 3.8) is 0 Å². The largest absolute Gasteiger partial charge is 0.305 e. The van der Waals surface area contributed by atoms with Crippen LogP contribution in [0.15, 0.2) is 60.7 Å². The van der Waals surface area contributed by atoms with Gasteiger partial charge in [0.2, 0.25) is 0 Å². The van der Waals surface area contributed by atoms with Crippen molar-refractivity contribution in [1.29, 1.82) is 0 Å². The molecule has 0 unspecified atom stereocenters. The van der Waals surface area contributed by atoms with Gasteiger partial charge in [-0.05, 0) is 11.1 Å². The standard InChI is InChI=1S/C14H15NOP/c15-17(16,11-13-7-3-1-4-8-13)12-14-9-5-2-6-10-14/h1-10,15H,11-12H2. The van der Waals surface area contributed by atoms with E-state index in [2.05, 4.69) is 0 Å². The summed E-state index contributed by atoms with van der Waals surface area (Å²) in [5.41, 5.74) is 9.90. The predicted octanol–water partition coefficient (Wildman–Crippen LogP) is 3.95. The molecule has 0 atom stereocenters. The SMILES string of the molecule is [NH]P(=O)(Cc1ccccc1)Cc1ccccc1. The first-order valence-corrected chi connectivity index (χ1v) is 7.64. The molecule has 3 heteroatoms. The molecule has 87 valence electrons. The third kappa shape index (κ3) is 3.85. The van der Waals surface area contributed by atoms with Crippen LogP contribution in [0.25, 0.3) is 0 Å². The quantitative estimate of drug-likeness (QED) is 0.751. The molecule has 17 heavy (non-hydrogen) atoms. The van der Waals surface area contributed by atoms with Crippen LogP contribution < -0.4 is 5.50 Å². The third-order valence-electron chi connectivity index (χ3n) is 2.56. The minimum atomic E-state index is -2.89. The number of rotatable bonds is 4. The van der Waals surface area contributed by atoms with E-state index < -0.39 is 7.29 Å². The number of nitrogens with one attached hydrogen (secondary N) is 1. The van der Waals surface area contributed by atoms with Crippen molar-refractivity contribution in [2.75, 3.05) is 0 Å². The smallest absolute Gasteiger partial charge is 0.169 e. The fraction of sp³-hybridized carbons (Fsp3) is 0.143.